The highest BCUT2D eigenvalue weighted by molar-refractivity contribution is 7.89. The van der Waals surface area contributed by atoms with Gasteiger partial charge in [0.25, 0.3) is 0 Å². The zero-order chi connectivity index (χ0) is 16.0. The fourth-order valence-electron chi connectivity index (χ4n) is 2.55. The van der Waals surface area contributed by atoms with Crippen LogP contribution >= 0.6 is 0 Å². The molecule has 1 fully saturated rings. The molecule has 0 radical (unpaired) electrons. The van der Waals surface area contributed by atoms with Gasteiger partial charge in [-0.1, -0.05) is 6.42 Å². The Labute approximate surface area is 132 Å². The van der Waals surface area contributed by atoms with E-state index in [9.17, 15) is 13.2 Å². The average molecular weight is 325 g/mol. The van der Waals surface area contributed by atoms with Gasteiger partial charge in [-0.2, -0.15) is 0 Å². The third kappa shape index (κ3) is 4.78. The number of aromatic nitrogens is 1. The summed E-state index contributed by atoms with van der Waals surface area (Å²) in [7, 11) is -3.28. The molecule has 1 saturated heterocycles. The molecule has 0 bridgehead atoms. The maximum Gasteiger partial charge on any atom is 0.219 e. The van der Waals surface area contributed by atoms with Gasteiger partial charge in [0, 0.05) is 45.5 Å². The van der Waals surface area contributed by atoms with E-state index in [0.29, 0.717) is 19.6 Å². The normalized spacial score (nSPS) is 16.4. The quantitative estimate of drug-likeness (QED) is 0.789. The van der Waals surface area contributed by atoms with Gasteiger partial charge in [0.15, 0.2) is 0 Å². The number of rotatable bonds is 6. The fraction of sp³-hybridized carbons (Fsp3) is 0.600. The first-order valence-corrected chi connectivity index (χ1v) is 9.22. The number of nitrogens with zero attached hydrogens (tertiary/aromatic N) is 3. The van der Waals surface area contributed by atoms with Crippen LogP contribution in [-0.4, -0.2) is 53.9 Å². The molecule has 1 aliphatic heterocycles. The lowest BCUT2D eigenvalue weighted by molar-refractivity contribution is -0.129. The second kappa shape index (κ2) is 7.69. The largest absolute Gasteiger partial charge is 0.338 e. The van der Waals surface area contributed by atoms with Gasteiger partial charge in [-0.3, -0.25) is 9.78 Å². The number of hydrogen-bond donors (Lipinski definition) is 0. The fourth-order valence-corrected chi connectivity index (χ4v) is 4.08. The number of hydrogen-bond acceptors (Lipinski definition) is 4. The van der Waals surface area contributed by atoms with E-state index in [0.717, 1.165) is 24.8 Å². The second-order valence-electron chi connectivity index (χ2n) is 5.57. The highest BCUT2D eigenvalue weighted by Gasteiger charge is 2.24. The van der Waals surface area contributed by atoms with E-state index in [1.54, 1.807) is 21.6 Å². The third-order valence-electron chi connectivity index (χ3n) is 3.90. The molecule has 2 rings (SSSR count). The van der Waals surface area contributed by atoms with Crippen LogP contribution in [0.5, 0.6) is 0 Å². The molecule has 6 nitrogen and oxygen atoms in total. The molecule has 1 amide bonds. The van der Waals surface area contributed by atoms with Gasteiger partial charge in [-0.25, -0.2) is 12.7 Å². The molecule has 0 saturated carbocycles. The lowest BCUT2D eigenvalue weighted by Gasteiger charge is -2.27. The summed E-state index contributed by atoms with van der Waals surface area (Å²) in [6, 6.07) is 3.66. The Morgan fingerprint density at radius 2 is 1.86 bits per heavy atom. The van der Waals surface area contributed by atoms with Crippen molar-refractivity contribution in [3.8, 4) is 0 Å². The van der Waals surface area contributed by atoms with Gasteiger partial charge in [-0.05, 0) is 30.5 Å². The van der Waals surface area contributed by atoms with Gasteiger partial charge >= 0.3 is 0 Å². The van der Waals surface area contributed by atoms with E-state index in [-0.39, 0.29) is 18.2 Å². The van der Waals surface area contributed by atoms with Crippen molar-refractivity contribution in [1.82, 2.24) is 14.2 Å². The molecule has 7 heteroatoms. The van der Waals surface area contributed by atoms with Crippen molar-refractivity contribution in [3.63, 3.8) is 0 Å². The molecular formula is C15H23N3O3S. The van der Waals surface area contributed by atoms with Crippen molar-refractivity contribution in [2.75, 3.05) is 25.4 Å². The molecule has 22 heavy (non-hydrogen) atoms. The molecule has 0 aliphatic carbocycles. The molecule has 0 atom stereocenters. The Kier molecular flexibility index (Phi) is 5.90. The Balaban J connectivity index is 1.95. The zero-order valence-corrected chi connectivity index (χ0v) is 13.8. The molecule has 2 heterocycles. The molecule has 0 unspecified atom stereocenters. The molecular weight excluding hydrogens is 302 g/mol. The van der Waals surface area contributed by atoms with Gasteiger partial charge in [0.2, 0.25) is 15.9 Å². The standard InChI is InChI=1S/C15H23N3O3S/c1-14(19)17(13-15-5-7-16-8-6-15)11-12-22(20,21)18-9-3-2-4-10-18/h5-8H,2-4,9-13H2,1H3. The number of carbonyl (C=O) groups excluding carboxylic acids is 1. The Morgan fingerprint density at radius 3 is 2.45 bits per heavy atom. The smallest absolute Gasteiger partial charge is 0.219 e. The predicted molar refractivity (Wildman–Crippen MR) is 84.5 cm³/mol. The summed E-state index contributed by atoms with van der Waals surface area (Å²) in [6.45, 7) is 3.30. The van der Waals surface area contributed by atoms with Crippen LogP contribution in [0.15, 0.2) is 24.5 Å². The number of piperidine rings is 1. The van der Waals surface area contributed by atoms with Crippen LogP contribution in [-0.2, 0) is 21.4 Å². The summed E-state index contributed by atoms with van der Waals surface area (Å²) in [4.78, 5) is 17.2. The predicted octanol–water partition coefficient (Wildman–Crippen LogP) is 1.25. The first-order valence-electron chi connectivity index (χ1n) is 7.61. The summed E-state index contributed by atoms with van der Waals surface area (Å²) in [5.41, 5.74) is 0.945. The molecule has 1 aromatic heterocycles. The molecule has 0 spiro atoms. The lowest BCUT2D eigenvalue weighted by Crippen LogP contribution is -2.41. The Hall–Kier alpha value is -1.47. The van der Waals surface area contributed by atoms with E-state index in [1.807, 2.05) is 12.1 Å². The first-order chi connectivity index (χ1) is 10.5. The summed E-state index contributed by atoms with van der Waals surface area (Å²) in [5, 5.41) is 0. The number of carbonyl (C=O) groups is 1. The van der Waals surface area contributed by atoms with Crippen LogP contribution in [0.3, 0.4) is 0 Å². The van der Waals surface area contributed by atoms with Crippen molar-refractivity contribution >= 4 is 15.9 Å². The first kappa shape index (κ1) is 16.9. The van der Waals surface area contributed by atoms with Crippen LogP contribution in [0.2, 0.25) is 0 Å². The zero-order valence-electron chi connectivity index (χ0n) is 12.9. The van der Waals surface area contributed by atoms with Crippen molar-refractivity contribution in [2.45, 2.75) is 32.7 Å². The van der Waals surface area contributed by atoms with E-state index in [1.165, 1.54) is 6.92 Å². The van der Waals surface area contributed by atoms with E-state index >= 15 is 0 Å². The van der Waals surface area contributed by atoms with E-state index in [4.69, 9.17) is 0 Å². The summed E-state index contributed by atoms with van der Waals surface area (Å²) >= 11 is 0. The number of pyridine rings is 1. The molecule has 0 N–H and O–H groups in total. The van der Waals surface area contributed by atoms with Crippen molar-refractivity contribution in [1.29, 1.82) is 0 Å². The highest BCUT2D eigenvalue weighted by Crippen LogP contribution is 2.14. The van der Waals surface area contributed by atoms with E-state index < -0.39 is 10.0 Å². The minimum atomic E-state index is -3.28. The average Bonchev–Trinajstić information content (AvgIpc) is 2.53. The molecule has 1 aromatic rings. The van der Waals surface area contributed by atoms with Crippen molar-refractivity contribution in [3.05, 3.63) is 30.1 Å². The molecule has 1 aliphatic rings. The summed E-state index contributed by atoms with van der Waals surface area (Å²) < 4.78 is 26.2. The minimum absolute atomic E-state index is 0.0162. The topological polar surface area (TPSA) is 70.6 Å². The highest BCUT2D eigenvalue weighted by atomic mass is 32.2. The number of amides is 1. The maximum absolute atomic E-state index is 12.3. The van der Waals surface area contributed by atoms with Crippen LogP contribution in [0.1, 0.15) is 31.7 Å². The van der Waals surface area contributed by atoms with Gasteiger partial charge in [0.1, 0.15) is 0 Å². The van der Waals surface area contributed by atoms with Crippen molar-refractivity contribution < 1.29 is 13.2 Å². The van der Waals surface area contributed by atoms with Crippen LogP contribution < -0.4 is 0 Å². The second-order valence-corrected chi connectivity index (χ2v) is 7.66. The molecule has 122 valence electrons. The Morgan fingerprint density at radius 1 is 1.23 bits per heavy atom. The lowest BCUT2D eigenvalue weighted by atomic mass is 10.2. The maximum atomic E-state index is 12.3. The van der Waals surface area contributed by atoms with Crippen LogP contribution in [0.4, 0.5) is 0 Å². The van der Waals surface area contributed by atoms with Crippen molar-refractivity contribution in [2.24, 2.45) is 0 Å². The van der Waals surface area contributed by atoms with E-state index in [2.05, 4.69) is 4.98 Å². The minimum Gasteiger partial charge on any atom is -0.338 e. The van der Waals surface area contributed by atoms with Crippen LogP contribution in [0, 0.1) is 0 Å². The third-order valence-corrected chi connectivity index (χ3v) is 5.75. The number of sulfonamides is 1. The Bertz CT molecular complexity index is 583. The summed E-state index contributed by atoms with van der Waals surface area (Å²) in [6.07, 6.45) is 6.27. The molecule has 0 aromatic carbocycles. The SMILES string of the molecule is CC(=O)N(CCS(=O)(=O)N1CCCCC1)Cc1ccncc1. The summed E-state index contributed by atoms with van der Waals surface area (Å²) in [5.74, 6) is -0.136. The monoisotopic (exact) mass is 325 g/mol. The van der Waals surface area contributed by atoms with Gasteiger partial charge in [-0.15, -0.1) is 0 Å². The van der Waals surface area contributed by atoms with Gasteiger partial charge < -0.3 is 4.90 Å². The van der Waals surface area contributed by atoms with Gasteiger partial charge in [0.05, 0.1) is 5.75 Å². The van der Waals surface area contributed by atoms with Crippen LogP contribution in [0.25, 0.3) is 0 Å².